The van der Waals surface area contributed by atoms with Crippen LogP contribution >= 0.6 is 0 Å². The molecular formula is C21H24O4. The van der Waals surface area contributed by atoms with Gasteiger partial charge in [0.1, 0.15) is 0 Å². The molecule has 0 saturated carbocycles. The van der Waals surface area contributed by atoms with Crippen LogP contribution in [0.15, 0.2) is 60.7 Å². The van der Waals surface area contributed by atoms with E-state index in [9.17, 15) is 9.59 Å². The quantitative estimate of drug-likeness (QED) is 0.396. The lowest BCUT2D eigenvalue weighted by Gasteiger charge is -2.06. The molecule has 0 saturated heterocycles. The Labute approximate surface area is 148 Å². The van der Waals surface area contributed by atoms with Crippen molar-refractivity contribution in [2.75, 3.05) is 13.2 Å². The molecule has 25 heavy (non-hydrogen) atoms. The lowest BCUT2D eigenvalue weighted by molar-refractivity contribution is -0.167. The van der Waals surface area contributed by atoms with E-state index in [2.05, 4.69) is 12.1 Å². The van der Waals surface area contributed by atoms with E-state index < -0.39 is 11.9 Å². The predicted molar refractivity (Wildman–Crippen MR) is 96.1 cm³/mol. The van der Waals surface area contributed by atoms with E-state index in [1.54, 1.807) is 0 Å². The molecule has 0 heterocycles. The first-order valence-corrected chi connectivity index (χ1v) is 8.67. The summed E-state index contributed by atoms with van der Waals surface area (Å²) in [4.78, 5) is 23.1. The molecule has 0 radical (unpaired) electrons. The van der Waals surface area contributed by atoms with Crippen LogP contribution in [0.5, 0.6) is 0 Å². The first-order chi connectivity index (χ1) is 12.3. The highest BCUT2D eigenvalue weighted by molar-refractivity contribution is 6.29. The fourth-order valence-corrected chi connectivity index (χ4v) is 2.44. The smallest absolute Gasteiger partial charge is 0.417 e. The Morgan fingerprint density at radius 3 is 1.56 bits per heavy atom. The Morgan fingerprint density at radius 1 is 0.600 bits per heavy atom. The average molecular weight is 340 g/mol. The van der Waals surface area contributed by atoms with Gasteiger partial charge in [-0.25, -0.2) is 9.59 Å². The summed E-state index contributed by atoms with van der Waals surface area (Å²) >= 11 is 0. The van der Waals surface area contributed by atoms with Crippen LogP contribution in [0.1, 0.15) is 30.4 Å². The van der Waals surface area contributed by atoms with Crippen molar-refractivity contribution in [3.63, 3.8) is 0 Å². The van der Waals surface area contributed by atoms with E-state index in [-0.39, 0.29) is 13.2 Å². The third-order valence-electron chi connectivity index (χ3n) is 3.79. The van der Waals surface area contributed by atoms with Crippen LogP contribution in [0.4, 0.5) is 0 Å². The third kappa shape index (κ3) is 7.66. The van der Waals surface area contributed by atoms with Crippen molar-refractivity contribution in [3.05, 3.63) is 71.8 Å². The van der Waals surface area contributed by atoms with Crippen LogP contribution in [-0.2, 0) is 31.9 Å². The van der Waals surface area contributed by atoms with Gasteiger partial charge < -0.3 is 9.47 Å². The molecule has 0 spiro atoms. The minimum Gasteiger partial charge on any atom is -0.457 e. The Morgan fingerprint density at radius 2 is 1.04 bits per heavy atom. The van der Waals surface area contributed by atoms with Crippen LogP contribution in [0.2, 0.25) is 0 Å². The fraction of sp³-hybridized carbons (Fsp3) is 0.333. The first kappa shape index (κ1) is 18.7. The van der Waals surface area contributed by atoms with Crippen molar-refractivity contribution in [1.82, 2.24) is 0 Å². The highest BCUT2D eigenvalue weighted by Gasteiger charge is 2.16. The number of rotatable bonds is 9. The molecule has 2 aromatic carbocycles. The van der Waals surface area contributed by atoms with Crippen molar-refractivity contribution in [2.24, 2.45) is 0 Å². The Bertz CT molecular complexity index is 637. The summed E-state index contributed by atoms with van der Waals surface area (Å²) in [6.45, 7) is 0.460. The molecule has 0 aliphatic rings. The minimum atomic E-state index is -0.906. The van der Waals surface area contributed by atoms with E-state index in [0.29, 0.717) is 6.42 Å². The highest BCUT2D eigenvalue weighted by atomic mass is 16.6. The van der Waals surface area contributed by atoms with Crippen LogP contribution in [0.3, 0.4) is 0 Å². The SMILES string of the molecule is O=C(OCCCCc1ccccc1)C(=O)OCCCc1ccccc1. The van der Waals surface area contributed by atoms with Crippen molar-refractivity contribution in [3.8, 4) is 0 Å². The number of aryl methyl sites for hydroxylation is 2. The van der Waals surface area contributed by atoms with E-state index in [1.165, 1.54) is 11.1 Å². The van der Waals surface area contributed by atoms with Gasteiger partial charge in [-0.1, -0.05) is 60.7 Å². The summed E-state index contributed by atoms with van der Waals surface area (Å²) < 4.78 is 9.88. The number of unbranched alkanes of at least 4 members (excludes halogenated alkanes) is 1. The average Bonchev–Trinajstić information content (AvgIpc) is 2.66. The minimum absolute atomic E-state index is 0.219. The normalized spacial score (nSPS) is 10.2. The van der Waals surface area contributed by atoms with Gasteiger partial charge in [0, 0.05) is 0 Å². The second-order valence-corrected chi connectivity index (χ2v) is 5.80. The molecule has 4 heteroatoms. The molecule has 4 nitrogen and oxygen atoms in total. The summed E-state index contributed by atoms with van der Waals surface area (Å²) in [5, 5.41) is 0. The van der Waals surface area contributed by atoms with Crippen molar-refractivity contribution in [2.45, 2.75) is 32.1 Å². The maximum Gasteiger partial charge on any atom is 0.417 e. The second-order valence-electron chi connectivity index (χ2n) is 5.80. The van der Waals surface area contributed by atoms with Gasteiger partial charge in [-0.2, -0.15) is 0 Å². The van der Waals surface area contributed by atoms with Gasteiger partial charge in [0.15, 0.2) is 0 Å². The molecule has 0 fully saturated rings. The second kappa shape index (κ2) is 11.0. The number of hydrogen-bond acceptors (Lipinski definition) is 4. The predicted octanol–water partition coefficient (Wildman–Crippen LogP) is 3.73. The number of hydrogen-bond donors (Lipinski definition) is 0. The fourth-order valence-electron chi connectivity index (χ4n) is 2.44. The number of carbonyl (C=O) groups excluding carboxylic acids is 2. The lowest BCUT2D eigenvalue weighted by atomic mass is 10.1. The Balaban J connectivity index is 1.50. The van der Waals surface area contributed by atoms with E-state index >= 15 is 0 Å². The maximum atomic E-state index is 11.5. The third-order valence-corrected chi connectivity index (χ3v) is 3.79. The van der Waals surface area contributed by atoms with Crippen molar-refractivity contribution < 1.29 is 19.1 Å². The zero-order valence-corrected chi connectivity index (χ0v) is 14.4. The van der Waals surface area contributed by atoms with Crippen LogP contribution < -0.4 is 0 Å². The van der Waals surface area contributed by atoms with Gasteiger partial charge >= 0.3 is 11.9 Å². The summed E-state index contributed by atoms with van der Waals surface area (Å²) in [6, 6.07) is 20.1. The molecule has 2 aromatic rings. The molecule has 132 valence electrons. The molecule has 0 atom stereocenters. The largest absolute Gasteiger partial charge is 0.457 e. The van der Waals surface area contributed by atoms with Gasteiger partial charge in [-0.3, -0.25) is 0 Å². The van der Waals surface area contributed by atoms with E-state index in [4.69, 9.17) is 9.47 Å². The van der Waals surface area contributed by atoms with Crippen molar-refractivity contribution >= 4 is 11.9 Å². The molecule has 0 aliphatic heterocycles. The molecule has 2 rings (SSSR count). The number of esters is 2. The summed E-state index contributed by atoms with van der Waals surface area (Å²) in [7, 11) is 0. The molecule has 0 aliphatic carbocycles. The summed E-state index contributed by atoms with van der Waals surface area (Å²) in [6.07, 6.45) is 4.05. The summed E-state index contributed by atoms with van der Waals surface area (Å²) in [5.74, 6) is -1.81. The van der Waals surface area contributed by atoms with Gasteiger partial charge in [-0.05, 0) is 43.2 Å². The zero-order valence-electron chi connectivity index (χ0n) is 14.4. The molecule has 0 unspecified atom stereocenters. The number of carbonyl (C=O) groups is 2. The van der Waals surface area contributed by atoms with Gasteiger partial charge in [0.05, 0.1) is 13.2 Å². The Hall–Kier alpha value is -2.62. The van der Waals surface area contributed by atoms with Crippen LogP contribution in [0.25, 0.3) is 0 Å². The molecule has 0 amide bonds. The molecule has 0 bridgehead atoms. The standard InChI is InChI=1S/C21H24O4/c22-20(24-16-8-7-14-18-10-3-1-4-11-18)21(23)25-17-9-15-19-12-5-2-6-13-19/h1-6,10-13H,7-9,14-17H2. The molecule has 0 N–H and O–H groups in total. The summed E-state index contributed by atoms with van der Waals surface area (Å²) in [5.41, 5.74) is 2.44. The molecular weight excluding hydrogens is 316 g/mol. The maximum absolute atomic E-state index is 11.5. The lowest BCUT2D eigenvalue weighted by Crippen LogP contribution is -2.21. The monoisotopic (exact) mass is 340 g/mol. The van der Waals surface area contributed by atoms with E-state index in [0.717, 1.165) is 25.7 Å². The van der Waals surface area contributed by atoms with Crippen molar-refractivity contribution in [1.29, 1.82) is 0 Å². The van der Waals surface area contributed by atoms with Gasteiger partial charge in [0.2, 0.25) is 0 Å². The van der Waals surface area contributed by atoms with Crippen LogP contribution in [-0.4, -0.2) is 25.2 Å². The zero-order chi connectivity index (χ0) is 17.7. The van der Waals surface area contributed by atoms with Gasteiger partial charge in [-0.15, -0.1) is 0 Å². The molecule has 0 aromatic heterocycles. The first-order valence-electron chi connectivity index (χ1n) is 8.67. The van der Waals surface area contributed by atoms with Gasteiger partial charge in [0.25, 0.3) is 0 Å². The van der Waals surface area contributed by atoms with E-state index in [1.807, 2.05) is 48.5 Å². The Kier molecular flexibility index (Phi) is 8.25. The number of ether oxygens (including phenoxy) is 2. The van der Waals surface area contributed by atoms with Crippen LogP contribution in [0, 0.1) is 0 Å². The number of benzene rings is 2. The highest BCUT2D eigenvalue weighted by Crippen LogP contribution is 2.05. The topological polar surface area (TPSA) is 52.6 Å².